The lowest BCUT2D eigenvalue weighted by Gasteiger charge is -2.01. The minimum atomic E-state index is 0.782. The minimum Gasteiger partial charge on any atom is -0.310 e. The van der Waals surface area contributed by atoms with Gasteiger partial charge in [0.05, 0.1) is 6.20 Å². The smallest absolute Gasteiger partial charge is 0.0537 e. The van der Waals surface area contributed by atoms with Crippen molar-refractivity contribution in [3.8, 4) is 0 Å². The summed E-state index contributed by atoms with van der Waals surface area (Å²) in [4.78, 5) is 0. The van der Waals surface area contributed by atoms with E-state index < -0.39 is 0 Å². The quantitative estimate of drug-likeness (QED) is 0.723. The van der Waals surface area contributed by atoms with Gasteiger partial charge in [0, 0.05) is 30.9 Å². The number of aromatic nitrogens is 2. The zero-order valence-corrected chi connectivity index (χ0v) is 7.67. The lowest BCUT2D eigenvalue weighted by molar-refractivity contribution is 0.680. The molecule has 1 fully saturated rings. The minimum absolute atomic E-state index is 0.782. The highest BCUT2D eigenvalue weighted by molar-refractivity contribution is 5.15. The van der Waals surface area contributed by atoms with Gasteiger partial charge in [0.2, 0.25) is 0 Å². The van der Waals surface area contributed by atoms with E-state index in [1.54, 1.807) is 0 Å². The van der Waals surface area contributed by atoms with Crippen LogP contribution in [0.2, 0.25) is 0 Å². The van der Waals surface area contributed by atoms with E-state index >= 15 is 0 Å². The second-order valence-electron chi connectivity index (χ2n) is 3.53. The molecule has 1 heterocycles. The first-order valence-corrected chi connectivity index (χ1v) is 4.48. The Balaban J connectivity index is 1.96. The van der Waals surface area contributed by atoms with Crippen molar-refractivity contribution in [3.63, 3.8) is 0 Å². The van der Waals surface area contributed by atoms with Gasteiger partial charge in [-0.1, -0.05) is 0 Å². The summed E-state index contributed by atoms with van der Waals surface area (Å²) < 4.78 is 1.92. The van der Waals surface area contributed by atoms with Gasteiger partial charge in [-0.2, -0.15) is 5.10 Å². The summed E-state index contributed by atoms with van der Waals surface area (Å²) in [5.74, 6) is 0. The van der Waals surface area contributed by atoms with Crippen LogP contribution in [0.4, 0.5) is 0 Å². The predicted molar refractivity (Wildman–Crippen MR) is 47.8 cm³/mol. The number of rotatable bonds is 3. The van der Waals surface area contributed by atoms with Crippen molar-refractivity contribution < 1.29 is 0 Å². The molecule has 0 bridgehead atoms. The van der Waals surface area contributed by atoms with Crippen molar-refractivity contribution in [1.82, 2.24) is 15.1 Å². The lowest BCUT2D eigenvalue weighted by atomic mass is 10.2. The number of hydrogen-bond donors (Lipinski definition) is 1. The zero-order chi connectivity index (χ0) is 8.55. The van der Waals surface area contributed by atoms with Crippen molar-refractivity contribution in [2.24, 2.45) is 7.05 Å². The Morgan fingerprint density at radius 2 is 2.42 bits per heavy atom. The molecule has 1 aliphatic rings. The van der Waals surface area contributed by atoms with Gasteiger partial charge < -0.3 is 5.32 Å². The van der Waals surface area contributed by atoms with E-state index in [1.807, 2.05) is 17.9 Å². The molecule has 0 radical (unpaired) electrons. The van der Waals surface area contributed by atoms with Crippen LogP contribution in [0.25, 0.3) is 0 Å². The second-order valence-corrected chi connectivity index (χ2v) is 3.53. The van der Waals surface area contributed by atoms with Crippen LogP contribution in [0.1, 0.15) is 24.1 Å². The first kappa shape index (κ1) is 7.80. The molecule has 66 valence electrons. The standard InChI is InChI=1S/C9H15N3/c1-7-8(6-11-12(7)2)5-10-9-3-4-9/h6,9-10H,3-5H2,1-2H3. The molecule has 0 saturated heterocycles. The fourth-order valence-electron chi connectivity index (χ4n) is 1.26. The molecule has 3 nitrogen and oxygen atoms in total. The highest BCUT2D eigenvalue weighted by Crippen LogP contribution is 2.19. The van der Waals surface area contributed by atoms with Crippen LogP contribution in [-0.4, -0.2) is 15.8 Å². The average Bonchev–Trinajstić information content (AvgIpc) is 2.82. The third kappa shape index (κ3) is 1.50. The van der Waals surface area contributed by atoms with Gasteiger partial charge in [-0.15, -0.1) is 0 Å². The number of aryl methyl sites for hydroxylation is 1. The highest BCUT2D eigenvalue weighted by atomic mass is 15.3. The molecule has 0 atom stereocenters. The third-order valence-corrected chi connectivity index (χ3v) is 2.50. The van der Waals surface area contributed by atoms with Gasteiger partial charge >= 0.3 is 0 Å². The summed E-state index contributed by atoms with van der Waals surface area (Å²) >= 11 is 0. The van der Waals surface area contributed by atoms with Crippen molar-refractivity contribution in [3.05, 3.63) is 17.5 Å². The second kappa shape index (κ2) is 2.90. The van der Waals surface area contributed by atoms with Crippen LogP contribution >= 0.6 is 0 Å². The molecule has 1 aliphatic carbocycles. The summed E-state index contributed by atoms with van der Waals surface area (Å²) in [6.07, 6.45) is 4.64. The SMILES string of the molecule is Cc1c(CNC2CC2)cnn1C. The maximum absolute atomic E-state index is 4.19. The maximum Gasteiger partial charge on any atom is 0.0537 e. The van der Waals surface area contributed by atoms with E-state index in [-0.39, 0.29) is 0 Å². The Kier molecular flexibility index (Phi) is 1.89. The van der Waals surface area contributed by atoms with Crippen molar-refractivity contribution >= 4 is 0 Å². The van der Waals surface area contributed by atoms with Gasteiger partial charge in [-0.3, -0.25) is 4.68 Å². The Morgan fingerprint density at radius 3 is 2.92 bits per heavy atom. The van der Waals surface area contributed by atoms with E-state index in [2.05, 4.69) is 17.3 Å². The topological polar surface area (TPSA) is 29.9 Å². The molecule has 1 aromatic heterocycles. The van der Waals surface area contributed by atoms with Gasteiger partial charge in [0.25, 0.3) is 0 Å². The molecular formula is C9H15N3. The van der Waals surface area contributed by atoms with E-state index in [9.17, 15) is 0 Å². The molecule has 0 spiro atoms. The van der Waals surface area contributed by atoms with Crippen LogP contribution in [0.5, 0.6) is 0 Å². The van der Waals surface area contributed by atoms with Crippen LogP contribution in [0, 0.1) is 6.92 Å². The van der Waals surface area contributed by atoms with Crippen molar-refractivity contribution in [1.29, 1.82) is 0 Å². The largest absolute Gasteiger partial charge is 0.310 e. The Bertz CT molecular complexity index is 273. The van der Waals surface area contributed by atoms with Gasteiger partial charge in [0.15, 0.2) is 0 Å². The third-order valence-electron chi connectivity index (χ3n) is 2.50. The molecule has 0 unspecified atom stereocenters. The van der Waals surface area contributed by atoms with Gasteiger partial charge in [0.1, 0.15) is 0 Å². The molecule has 0 amide bonds. The normalized spacial score (nSPS) is 16.8. The molecular weight excluding hydrogens is 150 g/mol. The van der Waals surface area contributed by atoms with Crippen LogP contribution < -0.4 is 5.32 Å². The molecule has 2 rings (SSSR count). The summed E-state index contributed by atoms with van der Waals surface area (Å²) in [5, 5.41) is 7.66. The fourth-order valence-corrected chi connectivity index (χ4v) is 1.26. The average molecular weight is 165 g/mol. The first-order chi connectivity index (χ1) is 5.77. The summed E-state index contributed by atoms with van der Waals surface area (Å²) in [6, 6.07) is 0.782. The summed E-state index contributed by atoms with van der Waals surface area (Å²) in [6.45, 7) is 3.08. The van der Waals surface area contributed by atoms with E-state index in [1.165, 1.54) is 24.1 Å². The van der Waals surface area contributed by atoms with Crippen molar-refractivity contribution in [2.75, 3.05) is 0 Å². The highest BCUT2D eigenvalue weighted by Gasteiger charge is 2.20. The Hall–Kier alpha value is -0.830. The molecule has 3 heteroatoms. The molecule has 1 N–H and O–H groups in total. The maximum atomic E-state index is 4.19. The lowest BCUT2D eigenvalue weighted by Crippen LogP contribution is -2.15. The molecule has 12 heavy (non-hydrogen) atoms. The van der Waals surface area contributed by atoms with E-state index in [4.69, 9.17) is 0 Å². The molecule has 0 aromatic carbocycles. The number of nitrogens with one attached hydrogen (secondary N) is 1. The first-order valence-electron chi connectivity index (χ1n) is 4.48. The Labute approximate surface area is 72.8 Å². The van der Waals surface area contributed by atoms with Crippen LogP contribution in [-0.2, 0) is 13.6 Å². The molecule has 1 aromatic rings. The molecule has 0 aliphatic heterocycles. The number of nitrogens with zero attached hydrogens (tertiary/aromatic N) is 2. The predicted octanol–water partition coefficient (Wildman–Crippen LogP) is 0.981. The summed E-state index contributed by atoms with van der Waals surface area (Å²) in [5.41, 5.74) is 2.59. The van der Waals surface area contributed by atoms with Crippen molar-refractivity contribution in [2.45, 2.75) is 32.4 Å². The zero-order valence-electron chi connectivity index (χ0n) is 7.67. The monoisotopic (exact) mass is 165 g/mol. The fraction of sp³-hybridized carbons (Fsp3) is 0.667. The van der Waals surface area contributed by atoms with E-state index in [0.717, 1.165) is 12.6 Å². The van der Waals surface area contributed by atoms with E-state index in [0.29, 0.717) is 0 Å². The van der Waals surface area contributed by atoms with Crippen LogP contribution in [0.15, 0.2) is 6.20 Å². The summed E-state index contributed by atoms with van der Waals surface area (Å²) in [7, 11) is 1.98. The van der Waals surface area contributed by atoms with Gasteiger partial charge in [-0.05, 0) is 19.8 Å². The molecule has 1 saturated carbocycles. The Morgan fingerprint density at radius 1 is 1.67 bits per heavy atom. The van der Waals surface area contributed by atoms with Crippen LogP contribution in [0.3, 0.4) is 0 Å². The van der Waals surface area contributed by atoms with Gasteiger partial charge in [-0.25, -0.2) is 0 Å². The number of hydrogen-bond acceptors (Lipinski definition) is 2.